The van der Waals surface area contributed by atoms with E-state index in [9.17, 15) is 9.59 Å². The largest absolute Gasteiger partial charge is 0.493 e. The highest BCUT2D eigenvalue weighted by molar-refractivity contribution is 7.80. The van der Waals surface area contributed by atoms with Gasteiger partial charge < -0.3 is 29.3 Å². The maximum atomic E-state index is 13.1. The van der Waals surface area contributed by atoms with Crippen LogP contribution in [0.5, 0.6) is 17.2 Å². The fourth-order valence-electron chi connectivity index (χ4n) is 3.50. The van der Waals surface area contributed by atoms with Crippen LogP contribution in [0.1, 0.15) is 20.7 Å². The minimum Gasteiger partial charge on any atom is -0.493 e. The predicted molar refractivity (Wildman–Crippen MR) is 130 cm³/mol. The number of piperazine rings is 1. The minimum absolute atomic E-state index is 0.0624. The van der Waals surface area contributed by atoms with Gasteiger partial charge in [0.25, 0.3) is 11.8 Å². The zero-order chi connectivity index (χ0) is 24.0. The summed E-state index contributed by atoms with van der Waals surface area (Å²) in [5.41, 5.74) is 1.29. The molecular formula is C23H28N4O5S. The van der Waals surface area contributed by atoms with E-state index in [-0.39, 0.29) is 16.6 Å². The topological polar surface area (TPSA) is 92.4 Å². The third-order valence-electron chi connectivity index (χ3n) is 5.35. The monoisotopic (exact) mass is 472 g/mol. The lowest BCUT2D eigenvalue weighted by molar-refractivity contribution is 0.0665. The molecule has 2 aromatic carbocycles. The number of hydrogen-bond acceptors (Lipinski definition) is 7. The highest BCUT2D eigenvalue weighted by Gasteiger charge is 2.23. The average Bonchev–Trinajstić information content (AvgIpc) is 2.83. The van der Waals surface area contributed by atoms with Gasteiger partial charge in [0.05, 0.1) is 32.6 Å². The molecule has 2 N–H and O–H groups in total. The van der Waals surface area contributed by atoms with Crippen molar-refractivity contribution in [3.8, 4) is 17.2 Å². The van der Waals surface area contributed by atoms with Gasteiger partial charge in [-0.3, -0.25) is 14.9 Å². The molecule has 10 heteroatoms. The number of benzene rings is 2. The molecule has 33 heavy (non-hydrogen) atoms. The second-order valence-corrected chi connectivity index (χ2v) is 7.87. The summed E-state index contributed by atoms with van der Waals surface area (Å²) in [4.78, 5) is 29.9. The molecule has 0 spiro atoms. The molecule has 1 aliphatic rings. The average molecular weight is 473 g/mol. The minimum atomic E-state index is -0.463. The SMILES string of the molecule is COc1cc(C(=O)NC(=S)Nc2ccccc2C(=O)N2CCN(C)CC2)cc(OC)c1OC. The first-order valence-corrected chi connectivity index (χ1v) is 10.8. The van der Waals surface area contributed by atoms with E-state index in [1.807, 2.05) is 11.9 Å². The van der Waals surface area contributed by atoms with Gasteiger partial charge in [0, 0.05) is 31.7 Å². The van der Waals surface area contributed by atoms with Crippen LogP contribution in [0.25, 0.3) is 0 Å². The van der Waals surface area contributed by atoms with Crippen LogP contribution >= 0.6 is 12.2 Å². The second-order valence-electron chi connectivity index (χ2n) is 7.46. The van der Waals surface area contributed by atoms with Crippen LogP contribution in [0.4, 0.5) is 5.69 Å². The maximum absolute atomic E-state index is 13.1. The summed E-state index contributed by atoms with van der Waals surface area (Å²) in [5, 5.41) is 5.67. The molecule has 0 atom stereocenters. The molecule has 0 unspecified atom stereocenters. The number of ether oxygens (including phenoxy) is 3. The quantitative estimate of drug-likeness (QED) is 0.619. The third-order valence-corrected chi connectivity index (χ3v) is 5.55. The Morgan fingerprint density at radius 2 is 1.55 bits per heavy atom. The molecule has 2 aromatic rings. The van der Waals surface area contributed by atoms with E-state index >= 15 is 0 Å². The number of thiocarbonyl (C=S) groups is 1. The second kappa shape index (κ2) is 11.0. The van der Waals surface area contributed by atoms with E-state index in [2.05, 4.69) is 15.5 Å². The molecule has 1 saturated heterocycles. The summed E-state index contributed by atoms with van der Waals surface area (Å²) in [6.07, 6.45) is 0. The number of methoxy groups -OCH3 is 3. The first-order valence-electron chi connectivity index (χ1n) is 10.4. The third kappa shape index (κ3) is 5.71. The Labute approximate surface area is 198 Å². The summed E-state index contributed by atoms with van der Waals surface area (Å²) in [7, 11) is 6.46. The first kappa shape index (κ1) is 24.3. The molecule has 0 aromatic heterocycles. The van der Waals surface area contributed by atoms with E-state index in [1.165, 1.54) is 33.5 Å². The van der Waals surface area contributed by atoms with Crippen molar-refractivity contribution in [2.75, 3.05) is 59.9 Å². The van der Waals surface area contributed by atoms with Crippen LogP contribution in [-0.4, -0.2) is 81.3 Å². The van der Waals surface area contributed by atoms with Crippen molar-refractivity contribution in [1.82, 2.24) is 15.1 Å². The van der Waals surface area contributed by atoms with Crippen LogP contribution in [0.15, 0.2) is 36.4 Å². The Morgan fingerprint density at radius 3 is 2.12 bits per heavy atom. The molecule has 176 valence electrons. The molecule has 1 heterocycles. The number of nitrogens with zero attached hydrogens (tertiary/aromatic N) is 2. The fraction of sp³-hybridized carbons (Fsp3) is 0.348. The molecule has 2 amide bonds. The number of nitrogens with one attached hydrogen (secondary N) is 2. The lowest BCUT2D eigenvalue weighted by Gasteiger charge is -2.32. The van der Waals surface area contributed by atoms with Crippen molar-refractivity contribution in [2.45, 2.75) is 0 Å². The zero-order valence-electron chi connectivity index (χ0n) is 19.1. The molecule has 3 rings (SSSR count). The number of hydrogen-bond donors (Lipinski definition) is 2. The Balaban J connectivity index is 1.73. The van der Waals surface area contributed by atoms with Crippen molar-refractivity contribution < 1.29 is 23.8 Å². The van der Waals surface area contributed by atoms with Gasteiger partial charge in [0.15, 0.2) is 16.6 Å². The first-order chi connectivity index (χ1) is 15.9. The molecule has 0 aliphatic carbocycles. The number of carbonyl (C=O) groups is 2. The number of amides is 2. The summed E-state index contributed by atoms with van der Waals surface area (Å²) in [5.74, 6) is 0.543. The van der Waals surface area contributed by atoms with Crippen molar-refractivity contribution >= 4 is 34.8 Å². The van der Waals surface area contributed by atoms with Crippen LogP contribution in [0.3, 0.4) is 0 Å². The molecule has 1 fully saturated rings. The van der Waals surface area contributed by atoms with Gasteiger partial charge >= 0.3 is 0 Å². The Morgan fingerprint density at radius 1 is 0.939 bits per heavy atom. The van der Waals surface area contributed by atoms with Gasteiger partial charge in [-0.15, -0.1) is 0 Å². The van der Waals surface area contributed by atoms with Gasteiger partial charge in [-0.1, -0.05) is 12.1 Å². The van der Waals surface area contributed by atoms with E-state index in [4.69, 9.17) is 26.4 Å². The number of anilines is 1. The highest BCUT2D eigenvalue weighted by atomic mass is 32.1. The van der Waals surface area contributed by atoms with Gasteiger partial charge in [-0.05, 0) is 43.5 Å². The molecule has 0 saturated carbocycles. The van der Waals surface area contributed by atoms with Gasteiger partial charge in [-0.25, -0.2) is 0 Å². The summed E-state index contributed by atoms with van der Waals surface area (Å²) < 4.78 is 15.9. The van der Waals surface area contributed by atoms with Gasteiger partial charge in [0.2, 0.25) is 5.75 Å². The van der Waals surface area contributed by atoms with Crippen LogP contribution in [0.2, 0.25) is 0 Å². The van der Waals surface area contributed by atoms with E-state index in [1.54, 1.807) is 24.3 Å². The summed E-state index contributed by atoms with van der Waals surface area (Å²) in [6.45, 7) is 2.97. The Hall–Kier alpha value is -3.37. The number of carbonyl (C=O) groups excluding carboxylic acids is 2. The highest BCUT2D eigenvalue weighted by Crippen LogP contribution is 2.38. The molecule has 9 nitrogen and oxygen atoms in total. The lowest BCUT2D eigenvalue weighted by Crippen LogP contribution is -2.47. The van der Waals surface area contributed by atoms with Gasteiger partial charge in [-0.2, -0.15) is 0 Å². The normalized spacial score (nSPS) is 13.8. The molecule has 0 bridgehead atoms. The van der Waals surface area contributed by atoms with E-state index in [0.29, 0.717) is 41.6 Å². The predicted octanol–water partition coefficient (Wildman–Crippen LogP) is 2.23. The van der Waals surface area contributed by atoms with E-state index in [0.717, 1.165) is 13.1 Å². The number of rotatable bonds is 6. The summed E-state index contributed by atoms with van der Waals surface area (Å²) in [6, 6.07) is 10.2. The maximum Gasteiger partial charge on any atom is 0.257 e. The smallest absolute Gasteiger partial charge is 0.257 e. The summed E-state index contributed by atoms with van der Waals surface area (Å²) >= 11 is 5.34. The van der Waals surface area contributed by atoms with Crippen LogP contribution < -0.4 is 24.8 Å². The number of likely N-dealkylation sites (N-methyl/N-ethyl adjacent to an activating group) is 1. The van der Waals surface area contributed by atoms with Crippen LogP contribution in [0, 0.1) is 0 Å². The van der Waals surface area contributed by atoms with E-state index < -0.39 is 5.91 Å². The van der Waals surface area contributed by atoms with Crippen molar-refractivity contribution in [1.29, 1.82) is 0 Å². The zero-order valence-corrected chi connectivity index (χ0v) is 20.0. The standard InChI is InChI=1S/C23H28N4O5S/c1-26-9-11-27(12-10-26)22(29)16-7-5-6-8-17(16)24-23(33)25-21(28)15-13-18(30-2)20(32-4)19(14-15)31-3/h5-8,13-14H,9-12H2,1-4H3,(H2,24,25,28,33). The van der Waals surface area contributed by atoms with Gasteiger partial charge in [0.1, 0.15) is 0 Å². The Kier molecular flexibility index (Phi) is 8.07. The fourth-order valence-corrected chi connectivity index (χ4v) is 3.70. The van der Waals surface area contributed by atoms with Crippen molar-refractivity contribution in [3.63, 3.8) is 0 Å². The molecule has 0 radical (unpaired) electrons. The molecule has 1 aliphatic heterocycles. The van der Waals surface area contributed by atoms with Crippen molar-refractivity contribution in [3.05, 3.63) is 47.5 Å². The lowest BCUT2D eigenvalue weighted by atomic mass is 10.1. The Bertz CT molecular complexity index is 1010. The van der Waals surface area contributed by atoms with Crippen molar-refractivity contribution in [2.24, 2.45) is 0 Å². The molecular weight excluding hydrogens is 444 g/mol. The number of para-hydroxylation sites is 1. The van der Waals surface area contributed by atoms with Crippen LogP contribution in [-0.2, 0) is 0 Å².